The fourth-order valence-corrected chi connectivity index (χ4v) is 4.82. The summed E-state index contributed by atoms with van der Waals surface area (Å²) in [6.07, 6.45) is 0.341. The summed E-state index contributed by atoms with van der Waals surface area (Å²) in [7, 11) is 1.65. The molecule has 0 fully saturated rings. The first-order chi connectivity index (χ1) is 15.5. The zero-order chi connectivity index (χ0) is 22.7. The smallest absolute Gasteiger partial charge is 0.162 e. The monoisotopic (exact) mass is 558 g/mol. The minimum Gasteiger partial charge on any atom is -0.504 e. The number of nitrogens with zero attached hydrogens (tertiary/aromatic N) is 1. The molecule has 4 rings (SSSR count). The topological polar surface area (TPSA) is 63.1 Å². The summed E-state index contributed by atoms with van der Waals surface area (Å²) < 4.78 is 12.9. The van der Waals surface area contributed by atoms with Crippen molar-refractivity contribution in [2.75, 3.05) is 13.7 Å². The SMILES string of the molecule is CCOc1cccc([C@@H]2CC(c3cccc(Br)c3)=N[C@@H](c3ccc(OC)c(Br)c3)N2)c1O. The molecule has 0 saturated heterocycles. The Balaban J connectivity index is 1.77. The summed E-state index contributed by atoms with van der Waals surface area (Å²) in [5, 5.41) is 14.5. The van der Waals surface area contributed by atoms with E-state index in [-0.39, 0.29) is 18.0 Å². The van der Waals surface area contributed by atoms with Crippen LogP contribution in [-0.4, -0.2) is 24.5 Å². The highest BCUT2D eigenvalue weighted by atomic mass is 79.9. The molecule has 3 aromatic carbocycles. The second kappa shape index (κ2) is 10.1. The van der Waals surface area contributed by atoms with E-state index in [0.29, 0.717) is 18.8 Å². The van der Waals surface area contributed by atoms with Gasteiger partial charge in [-0.3, -0.25) is 10.3 Å². The first kappa shape index (κ1) is 22.8. The number of halogens is 2. The largest absolute Gasteiger partial charge is 0.504 e. The Kier molecular flexibility index (Phi) is 7.18. The number of nitrogens with one attached hydrogen (secondary N) is 1. The predicted molar refractivity (Wildman–Crippen MR) is 134 cm³/mol. The van der Waals surface area contributed by atoms with Crippen molar-refractivity contribution >= 4 is 37.6 Å². The maximum absolute atomic E-state index is 10.9. The molecule has 1 aliphatic rings. The number of ether oxygens (including phenoxy) is 2. The third-order valence-electron chi connectivity index (χ3n) is 5.40. The molecule has 0 radical (unpaired) electrons. The molecule has 0 aliphatic carbocycles. The summed E-state index contributed by atoms with van der Waals surface area (Å²) >= 11 is 7.14. The van der Waals surface area contributed by atoms with Crippen LogP contribution in [0, 0.1) is 0 Å². The van der Waals surface area contributed by atoms with Crippen LogP contribution in [-0.2, 0) is 0 Å². The first-order valence-electron chi connectivity index (χ1n) is 10.4. The molecule has 32 heavy (non-hydrogen) atoms. The van der Waals surface area contributed by atoms with E-state index in [2.05, 4.69) is 49.3 Å². The van der Waals surface area contributed by atoms with E-state index in [9.17, 15) is 5.11 Å². The lowest BCUT2D eigenvalue weighted by molar-refractivity contribution is 0.313. The average Bonchev–Trinajstić information content (AvgIpc) is 2.80. The van der Waals surface area contributed by atoms with Gasteiger partial charge in [0.25, 0.3) is 0 Å². The highest BCUT2D eigenvalue weighted by molar-refractivity contribution is 9.10. The summed E-state index contributed by atoms with van der Waals surface area (Å²) in [5.74, 6) is 1.42. The second-order valence-electron chi connectivity index (χ2n) is 7.43. The number of hydrogen-bond donors (Lipinski definition) is 2. The number of aromatic hydroxyl groups is 1. The van der Waals surface area contributed by atoms with Crippen LogP contribution in [0.15, 0.2) is 74.6 Å². The average molecular weight is 560 g/mol. The number of aliphatic imine (C=N–C) groups is 1. The van der Waals surface area contributed by atoms with Crippen molar-refractivity contribution in [2.24, 2.45) is 4.99 Å². The van der Waals surface area contributed by atoms with Crippen LogP contribution in [0.25, 0.3) is 0 Å². The number of para-hydroxylation sites is 1. The molecule has 2 N–H and O–H groups in total. The van der Waals surface area contributed by atoms with Crippen LogP contribution in [0.4, 0.5) is 0 Å². The van der Waals surface area contributed by atoms with Gasteiger partial charge in [-0.2, -0.15) is 0 Å². The quantitative estimate of drug-likeness (QED) is 0.359. The highest BCUT2D eigenvalue weighted by Gasteiger charge is 2.29. The van der Waals surface area contributed by atoms with Crippen molar-refractivity contribution in [3.05, 3.63) is 86.3 Å². The van der Waals surface area contributed by atoms with Gasteiger partial charge in [0.15, 0.2) is 11.5 Å². The molecule has 0 amide bonds. The molecule has 1 heterocycles. The van der Waals surface area contributed by atoms with E-state index in [4.69, 9.17) is 14.5 Å². The van der Waals surface area contributed by atoms with Crippen LogP contribution in [0.3, 0.4) is 0 Å². The van der Waals surface area contributed by atoms with Crippen LogP contribution >= 0.6 is 31.9 Å². The van der Waals surface area contributed by atoms with Crippen molar-refractivity contribution < 1.29 is 14.6 Å². The van der Waals surface area contributed by atoms with Crippen molar-refractivity contribution in [3.63, 3.8) is 0 Å². The fourth-order valence-electron chi connectivity index (χ4n) is 3.86. The second-order valence-corrected chi connectivity index (χ2v) is 9.20. The molecule has 0 spiro atoms. The summed E-state index contributed by atoms with van der Waals surface area (Å²) in [5.41, 5.74) is 3.79. The van der Waals surface area contributed by atoms with Crippen molar-refractivity contribution in [1.82, 2.24) is 5.32 Å². The van der Waals surface area contributed by atoms with E-state index in [1.165, 1.54) is 0 Å². The maximum Gasteiger partial charge on any atom is 0.162 e. The lowest BCUT2D eigenvalue weighted by atomic mass is 9.93. The summed E-state index contributed by atoms with van der Waals surface area (Å²) in [6, 6.07) is 19.5. The molecule has 0 saturated carbocycles. The third-order valence-corrected chi connectivity index (χ3v) is 6.51. The summed E-state index contributed by atoms with van der Waals surface area (Å²) in [4.78, 5) is 5.03. The number of benzene rings is 3. The van der Waals surface area contributed by atoms with Gasteiger partial charge in [0, 0.05) is 28.2 Å². The Hall–Kier alpha value is -2.35. The van der Waals surface area contributed by atoms with Gasteiger partial charge in [0.1, 0.15) is 11.9 Å². The zero-order valence-corrected chi connectivity index (χ0v) is 21.0. The Morgan fingerprint density at radius 3 is 2.59 bits per heavy atom. The highest BCUT2D eigenvalue weighted by Crippen LogP contribution is 2.39. The summed E-state index contributed by atoms with van der Waals surface area (Å²) in [6.45, 7) is 2.39. The third kappa shape index (κ3) is 4.85. The Morgan fingerprint density at radius 2 is 1.88 bits per heavy atom. The van der Waals surface area contributed by atoms with Gasteiger partial charge < -0.3 is 14.6 Å². The molecule has 5 nitrogen and oxygen atoms in total. The van der Waals surface area contributed by atoms with E-state index < -0.39 is 0 Å². The van der Waals surface area contributed by atoms with Gasteiger partial charge in [0.05, 0.1) is 18.2 Å². The molecule has 3 aromatic rings. The number of methoxy groups -OCH3 is 1. The standard InChI is InChI=1S/C25H24Br2N2O3/c1-3-32-23-9-5-8-18(24(23)30)21-14-20(15-6-4-7-17(26)12-15)28-25(29-21)16-10-11-22(31-2)19(27)13-16/h4-13,21,25,29-30H,3,14H2,1-2H3/t21-,25+/m0/s1. The van der Waals surface area contributed by atoms with E-state index in [1.807, 2.05) is 49.4 Å². The Morgan fingerprint density at radius 1 is 1.06 bits per heavy atom. The Bertz CT molecular complexity index is 1150. The molecular formula is C25H24Br2N2O3. The van der Waals surface area contributed by atoms with Crippen molar-refractivity contribution in [2.45, 2.75) is 25.6 Å². The van der Waals surface area contributed by atoms with Crippen LogP contribution in [0.2, 0.25) is 0 Å². The Labute approximate surface area is 204 Å². The number of phenolic OH excluding ortho intramolecular Hbond substituents is 1. The van der Waals surface area contributed by atoms with Gasteiger partial charge in [-0.15, -0.1) is 0 Å². The van der Waals surface area contributed by atoms with Gasteiger partial charge in [-0.05, 0) is 64.3 Å². The van der Waals surface area contributed by atoms with Crippen LogP contribution < -0.4 is 14.8 Å². The fraction of sp³-hybridized carbons (Fsp3) is 0.240. The minimum absolute atomic E-state index is 0.146. The van der Waals surface area contributed by atoms with E-state index in [1.54, 1.807) is 13.2 Å². The van der Waals surface area contributed by atoms with Gasteiger partial charge >= 0.3 is 0 Å². The van der Waals surface area contributed by atoms with Gasteiger partial charge in [0.2, 0.25) is 0 Å². The minimum atomic E-state index is -0.292. The van der Waals surface area contributed by atoms with Crippen LogP contribution in [0.5, 0.6) is 17.2 Å². The van der Waals surface area contributed by atoms with Crippen LogP contribution in [0.1, 0.15) is 42.2 Å². The molecule has 7 heteroatoms. The van der Waals surface area contributed by atoms with E-state index in [0.717, 1.165) is 37.1 Å². The van der Waals surface area contributed by atoms with Gasteiger partial charge in [-0.1, -0.05) is 46.3 Å². The molecular weight excluding hydrogens is 536 g/mol. The number of hydrogen-bond acceptors (Lipinski definition) is 5. The molecule has 0 bridgehead atoms. The lowest BCUT2D eigenvalue weighted by Gasteiger charge is -2.31. The molecule has 2 atom stereocenters. The van der Waals surface area contributed by atoms with Crippen molar-refractivity contribution in [3.8, 4) is 17.2 Å². The molecule has 0 unspecified atom stereocenters. The molecule has 166 valence electrons. The van der Waals surface area contributed by atoms with Crippen molar-refractivity contribution in [1.29, 1.82) is 0 Å². The molecule has 0 aromatic heterocycles. The number of rotatable bonds is 6. The normalized spacial score (nSPS) is 18.2. The number of phenols is 1. The van der Waals surface area contributed by atoms with E-state index >= 15 is 0 Å². The first-order valence-corrected chi connectivity index (χ1v) is 12.0. The maximum atomic E-state index is 10.9. The lowest BCUT2D eigenvalue weighted by Crippen LogP contribution is -2.33. The zero-order valence-electron chi connectivity index (χ0n) is 17.8. The molecule has 1 aliphatic heterocycles. The van der Waals surface area contributed by atoms with Gasteiger partial charge in [-0.25, -0.2) is 0 Å². The predicted octanol–water partition coefficient (Wildman–Crippen LogP) is 6.55.